The van der Waals surface area contributed by atoms with Gasteiger partial charge in [-0.05, 0) is 51.9 Å². The lowest BCUT2D eigenvalue weighted by atomic mass is 10.1. The van der Waals surface area contributed by atoms with Gasteiger partial charge in [0, 0.05) is 9.27 Å². The molecule has 0 aliphatic rings. The molecule has 0 spiro atoms. The van der Waals surface area contributed by atoms with Gasteiger partial charge in [0.1, 0.15) is 0 Å². The van der Waals surface area contributed by atoms with E-state index in [2.05, 4.69) is 107 Å². The van der Waals surface area contributed by atoms with Gasteiger partial charge in [0.2, 0.25) is 0 Å². The van der Waals surface area contributed by atoms with Crippen LogP contribution in [0, 0.1) is 3.57 Å². The van der Waals surface area contributed by atoms with Crippen LogP contribution in [0.1, 0.15) is 11.1 Å². The Hall–Kier alpha value is -2.07. The van der Waals surface area contributed by atoms with Gasteiger partial charge in [-0.25, -0.2) is 0 Å². The lowest BCUT2D eigenvalue weighted by molar-refractivity contribution is 1.51. The molecule has 0 saturated carbocycles. The van der Waals surface area contributed by atoms with Gasteiger partial charge in [-0.15, -0.1) is 0 Å². The molecule has 108 valence electrons. The molecule has 22 heavy (non-hydrogen) atoms. The zero-order valence-electron chi connectivity index (χ0n) is 12.0. The third kappa shape index (κ3) is 3.77. The van der Waals surface area contributed by atoms with E-state index in [1.807, 2.05) is 12.1 Å². The maximum absolute atomic E-state index is 3.57. The zero-order valence-corrected chi connectivity index (χ0v) is 14.2. The predicted molar refractivity (Wildman–Crippen MR) is 104 cm³/mol. The number of halogens is 1. The highest BCUT2D eigenvalue weighted by atomic mass is 127. The monoisotopic (exact) mass is 397 g/mol. The first-order chi connectivity index (χ1) is 10.8. The molecule has 0 unspecified atom stereocenters. The van der Waals surface area contributed by atoms with E-state index in [1.165, 1.54) is 14.7 Å². The van der Waals surface area contributed by atoms with Crippen LogP contribution in [0.5, 0.6) is 0 Å². The number of para-hydroxylation sites is 1. The first-order valence-electron chi connectivity index (χ1n) is 7.17. The molecule has 3 rings (SSSR count). The number of anilines is 1. The Kier molecular flexibility index (Phi) is 4.91. The quantitative estimate of drug-likeness (QED) is 0.427. The van der Waals surface area contributed by atoms with Crippen molar-refractivity contribution in [2.24, 2.45) is 0 Å². The Bertz CT molecular complexity index is 764. The smallest absolute Gasteiger partial charge is 0.0520 e. The molecular weight excluding hydrogens is 381 g/mol. The van der Waals surface area contributed by atoms with Crippen LogP contribution in [0.25, 0.3) is 11.8 Å². The second-order valence-corrected chi connectivity index (χ2v) is 6.10. The van der Waals surface area contributed by atoms with Crippen LogP contribution in [-0.4, -0.2) is 0 Å². The molecular formula is C20H16IN. The minimum absolute atomic E-state index is 1.09. The maximum Gasteiger partial charge on any atom is 0.0520 e. The highest BCUT2D eigenvalue weighted by Gasteiger charge is 2.04. The van der Waals surface area contributed by atoms with Crippen LogP contribution >= 0.6 is 22.6 Å². The molecule has 0 aromatic heterocycles. The number of rotatable bonds is 4. The zero-order chi connectivity index (χ0) is 15.2. The SMILES string of the molecule is Ic1ccccc1N/C(=C/c1ccccc1)c1ccccc1. The fourth-order valence-electron chi connectivity index (χ4n) is 2.23. The van der Waals surface area contributed by atoms with Gasteiger partial charge < -0.3 is 5.32 Å². The molecule has 0 aliphatic carbocycles. The van der Waals surface area contributed by atoms with E-state index in [0.29, 0.717) is 0 Å². The summed E-state index contributed by atoms with van der Waals surface area (Å²) in [7, 11) is 0. The van der Waals surface area contributed by atoms with Crippen molar-refractivity contribution in [3.05, 3.63) is 99.6 Å². The average molecular weight is 397 g/mol. The summed E-state index contributed by atoms with van der Waals surface area (Å²) in [6, 6.07) is 29.1. The second-order valence-electron chi connectivity index (χ2n) is 4.94. The Labute approximate surface area is 144 Å². The number of hydrogen-bond donors (Lipinski definition) is 1. The van der Waals surface area contributed by atoms with E-state index in [1.54, 1.807) is 0 Å². The van der Waals surface area contributed by atoms with Gasteiger partial charge in [0.15, 0.2) is 0 Å². The molecule has 0 radical (unpaired) electrons. The van der Waals surface area contributed by atoms with Crippen LogP contribution in [0.3, 0.4) is 0 Å². The van der Waals surface area contributed by atoms with Crippen LogP contribution in [0.4, 0.5) is 5.69 Å². The molecule has 3 aromatic rings. The maximum atomic E-state index is 3.57. The van der Waals surface area contributed by atoms with Gasteiger partial charge in [-0.3, -0.25) is 0 Å². The molecule has 0 atom stereocenters. The summed E-state index contributed by atoms with van der Waals surface area (Å²) < 4.78 is 1.20. The topological polar surface area (TPSA) is 12.0 Å². The third-order valence-electron chi connectivity index (χ3n) is 3.34. The minimum atomic E-state index is 1.09. The van der Waals surface area contributed by atoms with Gasteiger partial charge in [0.25, 0.3) is 0 Å². The highest BCUT2D eigenvalue weighted by Crippen LogP contribution is 2.24. The van der Waals surface area contributed by atoms with Crippen molar-refractivity contribution < 1.29 is 0 Å². The summed E-state index contributed by atoms with van der Waals surface area (Å²) in [6.45, 7) is 0. The van der Waals surface area contributed by atoms with E-state index < -0.39 is 0 Å². The van der Waals surface area contributed by atoms with Crippen LogP contribution in [-0.2, 0) is 0 Å². The van der Waals surface area contributed by atoms with Gasteiger partial charge in [-0.1, -0.05) is 72.8 Å². The average Bonchev–Trinajstić information content (AvgIpc) is 2.58. The summed E-state index contributed by atoms with van der Waals surface area (Å²) in [5.74, 6) is 0. The van der Waals surface area contributed by atoms with E-state index in [-0.39, 0.29) is 0 Å². The van der Waals surface area contributed by atoms with Crippen molar-refractivity contribution in [2.75, 3.05) is 5.32 Å². The van der Waals surface area contributed by atoms with Crippen molar-refractivity contribution in [1.82, 2.24) is 0 Å². The summed E-state index contributed by atoms with van der Waals surface area (Å²) in [4.78, 5) is 0. The summed E-state index contributed by atoms with van der Waals surface area (Å²) in [5.41, 5.74) is 4.57. The van der Waals surface area contributed by atoms with Gasteiger partial charge in [-0.2, -0.15) is 0 Å². The molecule has 0 heterocycles. The van der Waals surface area contributed by atoms with Crippen molar-refractivity contribution >= 4 is 40.1 Å². The van der Waals surface area contributed by atoms with Crippen molar-refractivity contribution in [3.63, 3.8) is 0 Å². The second kappa shape index (κ2) is 7.27. The van der Waals surface area contributed by atoms with Gasteiger partial charge >= 0.3 is 0 Å². The van der Waals surface area contributed by atoms with E-state index in [4.69, 9.17) is 0 Å². The summed E-state index contributed by atoms with van der Waals surface area (Å²) in [5, 5.41) is 3.57. The fraction of sp³-hybridized carbons (Fsp3) is 0. The first kappa shape index (κ1) is 14.9. The van der Waals surface area contributed by atoms with Crippen LogP contribution in [0.2, 0.25) is 0 Å². The standard InChI is InChI=1S/C20H16IN/c21-18-13-7-8-14-19(18)22-20(17-11-5-2-6-12-17)15-16-9-3-1-4-10-16/h1-15,22H/b20-15+. The molecule has 0 aliphatic heterocycles. The number of nitrogens with one attached hydrogen (secondary N) is 1. The Morgan fingerprint density at radius 1 is 0.727 bits per heavy atom. The lowest BCUT2D eigenvalue weighted by Crippen LogP contribution is -2.00. The fourth-order valence-corrected chi connectivity index (χ4v) is 2.76. The molecule has 0 saturated heterocycles. The molecule has 2 heteroatoms. The van der Waals surface area contributed by atoms with Crippen molar-refractivity contribution in [1.29, 1.82) is 0 Å². The molecule has 1 N–H and O–H groups in total. The van der Waals surface area contributed by atoms with Crippen molar-refractivity contribution in [2.45, 2.75) is 0 Å². The molecule has 1 nitrogen and oxygen atoms in total. The van der Waals surface area contributed by atoms with E-state index in [9.17, 15) is 0 Å². The molecule has 0 amide bonds. The number of benzene rings is 3. The molecule has 0 bridgehead atoms. The predicted octanol–water partition coefficient (Wildman–Crippen LogP) is 5.90. The van der Waals surface area contributed by atoms with E-state index in [0.717, 1.165) is 11.4 Å². The molecule has 3 aromatic carbocycles. The normalized spacial score (nSPS) is 11.2. The van der Waals surface area contributed by atoms with Crippen LogP contribution in [0.15, 0.2) is 84.9 Å². The molecule has 0 fully saturated rings. The van der Waals surface area contributed by atoms with Gasteiger partial charge in [0.05, 0.1) is 5.69 Å². The highest BCUT2D eigenvalue weighted by molar-refractivity contribution is 14.1. The summed E-state index contributed by atoms with van der Waals surface area (Å²) in [6.07, 6.45) is 2.18. The Balaban J connectivity index is 2.01. The van der Waals surface area contributed by atoms with Crippen molar-refractivity contribution in [3.8, 4) is 0 Å². The van der Waals surface area contributed by atoms with E-state index >= 15 is 0 Å². The largest absolute Gasteiger partial charge is 0.354 e. The number of hydrogen-bond acceptors (Lipinski definition) is 1. The van der Waals surface area contributed by atoms with Crippen LogP contribution < -0.4 is 5.32 Å². The minimum Gasteiger partial charge on any atom is -0.354 e. The Morgan fingerprint density at radius 3 is 2.00 bits per heavy atom. The lowest BCUT2D eigenvalue weighted by Gasteiger charge is -2.13. The summed E-state index contributed by atoms with van der Waals surface area (Å²) >= 11 is 2.35. The third-order valence-corrected chi connectivity index (χ3v) is 4.28. The first-order valence-corrected chi connectivity index (χ1v) is 8.24. The Morgan fingerprint density at radius 2 is 1.32 bits per heavy atom.